The molecule has 1 rings (SSSR count). The van der Waals surface area contributed by atoms with E-state index in [0.29, 0.717) is 4.91 Å². The lowest BCUT2D eigenvalue weighted by molar-refractivity contribution is 0.444. The Bertz CT molecular complexity index is 302. The van der Waals surface area contributed by atoms with Crippen molar-refractivity contribution in [1.29, 1.82) is 0 Å². The zero-order valence-corrected chi connectivity index (χ0v) is 8.07. The number of hydrogen-bond acceptors (Lipinski definition) is 2. The van der Waals surface area contributed by atoms with E-state index in [0.717, 1.165) is 5.57 Å². The van der Waals surface area contributed by atoms with Crippen LogP contribution in [0.1, 0.15) is 20.8 Å². The summed E-state index contributed by atoms with van der Waals surface area (Å²) in [5, 5.41) is 0. The lowest BCUT2D eigenvalue weighted by atomic mass is 10.1. The molecule has 0 saturated carbocycles. The molecule has 1 unspecified atom stereocenters. The van der Waals surface area contributed by atoms with E-state index in [9.17, 15) is 8.42 Å². The first-order chi connectivity index (χ1) is 4.89. The zero-order valence-electron chi connectivity index (χ0n) is 7.25. The second kappa shape index (κ2) is 2.32. The van der Waals surface area contributed by atoms with Gasteiger partial charge in [-0.1, -0.05) is 0 Å². The number of allylic oxidation sites excluding steroid dienone is 1. The van der Waals surface area contributed by atoms with Gasteiger partial charge in [0.2, 0.25) is 10.0 Å². The molecular weight excluding hydrogens is 162 g/mol. The smallest absolute Gasteiger partial charge is 0.207 e. The van der Waals surface area contributed by atoms with Crippen LogP contribution in [-0.4, -0.2) is 25.8 Å². The second-order valence-corrected chi connectivity index (χ2v) is 5.07. The van der Waals surface area contributed by atoms with E-state index in [-0.39, 0.29) is 6.04 Å². The summed E-state index contributed by atoms with van der Waals surface area (Å²) >= 11 is 0. The third-order valence-corrected chi connectivity index (χ3v) is 4.66. The maximum absolute atomic E-state index is 11.4. The molecule has 64 valence electrons. The van der Waals surface area contributed by atoms with Gasteiger partial charge in [0.05, 0.1) is 4.91 Å². The van der Waals surface area contributed by atoms with Gasteiger partial charge in [-0.25, -0.2) is 8.42 Å². The van der Waals surface area contributed by atoms with Crippen molar-refractivity contribution in [3.8, 4) is 0 Å². The highest BCUT2D eigenvalue weighted by Gasteiger charge is 2.34. The van der Waals surface area contributed by atoms with E-state index >= 15 is 0 Å². The Morgan fingerprint density at radius 2 is 1.82 bits per heavy atom. The first-order valence-corrected chi connectivity index (χ1v) is 4.98. The summed E-state index contributed by atoms with van der Waals surface area (Å²) < 4.78 is 24.2. The Morgan fingerprint density at radius 1 is 1.36 bits per heavy atom. The van der Waals surface area contributed by atoms with Gasteiger partial charge in [0.1, 0.15) is 0 Å². The SMILES string of the molecule is CC1=C(C)S(=O)(=O)N(C)C1C. The van der Waals surface area contributed by atoms with E-state index in [1.165, 1.54) is 4.31 Å². The van der Waals surface area contributed by atoms with Crippen molar-refractivity contribution in [3.63, 3.8) is 0 Å². The standard InChI is InChI=1S/C7H13NO2S/c1-5-6(2)8(4)11(9,10)7(5)3/h6H,1-4H3. The molecule has 4 heteroatoms. The van der Waals surface area contributed by atoms with E-state index in [2.05, 4.69) is 0 Å². The molecule has 11 heavy (non-hydrogen) atoms. The van der Waals surface area contributed by atoms with Gasteiger partial charge in [-0.2, -0.15) is 4.31 Å². The minimum Gasteiger partial charge on any atom is -0.207 e. The molecule has 1 aliphatic heterocycles. The van der Waals surface area contributed by atoms with Crippen molar-refractivity contribution >= 4 is 10.0 Å². The maximum atomic E-state index is 11.4. The molecule has 0 spiro atoms. The minimum atomic E-state index is -3.09. The van der Waals surface area contributed by atoms with Crippen LogP contribution in [-0.2, 0) is 10.0 Å². The van der Waals surface area contributed by atoms with Crippen molar-refractivity contribution in [2.75, 3.05) is 7.05 Å². The van der Waals surface area contributed by atoms with Crippen LogP contribution in [0.15, 0.2) is 10.5 Å². The van der Waals surface area contributed by atoms with Crippen LogP contribution >= 0.6 is 0 Å². The third kappa shape index (κ3) is 1.01. The number of rotatable bonds is 0. The van der Waals surface area contributed by atoms with Gasteiger partial charge in [-0.05, 0) is 26.3 Å². The lowest BCUT2D eigenvalue weighted by Crippen LogP contribution is -2.28. The summed E-state index contributed by atoms with van der Waals surface area (Å²) in [5.74, 6) is 0. The highest BCUT2D eigenvalue weighted by atomic mass is 32.2. The van der Waals surface area contributed by atoms with E-state index < -0.39 is 10.0 Å². The van der Waals surface area contributed by atoms with Gasteiger partial charge < -0.3 is 0 Å². The molecule has 1 heterocycles. The summed E-state index contributed by atoms with van der Waals surface area (Å²) in [7, 11) is -1.48. The third-order valence-electron chi connectivity index (χ3n) is 2.49. The maximum Gasteiger partial charge on any atom is 0.239 e. The molecule has 0 N–H and O–H groups in total. The molecule has 0 aromatic rings. The van der Waals surface area contributed by atoms with Crippen LogP contribution in [0.5, 0.6) is 0 Å². The highest BCUT2D eigenvalue weighted by Crippen LogP contribution is 2.29. The first kappa shape index (κ1) is 8.74. The molecule has 0 radical (unpaired) electrons. The molecule has 0 aromatic carbocycles. The number of hydrogen-bond donors (Lipinski definition) is 0. The van der Waals surface area contributed by atoms with Crippen LogP contribution in [0.25, 0.3) is 0 Å². The fraction of sp³-hybridized carbons (Fsp3) is 0.714. The average molecular weight is 175 g/mol. The molecule has 1 atom stereocenters. The molecule has 0 aliphatic carbocycles. The van der Waals surface area contributed by atoms with Crippen LogP contribution in [0, 0.1) is 0 Å². The van der Waals surface area contributed by atoms with Crippen molar-refractivity contribution in [1.82, 2.24) is 4.31 Å². The average Bonchev–Trinajstić information content (AvgIpc) is 2.06. The van der Waals surface area contributed by atoms with Crippen molar-refractivity contribution in [2.45, 2.75) is 26.8 Å². The predicted molar refractivity (Wildman–Crippen MR) is 44.5 cm³/mol. The number of sulfonamides is 1. The Morgan fingerprint density at radius 3 is 1.91 bits per heavy atom. The van der Waals surface area contributed by atoms with Crippen molar-refractivity contribution < 1.29 is 8.42 Å². The van der Waals surface area contributed by atoms with Crippen molar-refractivity contribution in [2.24, 2.45) is 0 Å². The first-order valence-electron chi connectivity index (χ1n) is 3.54. The predicted octanol–water partition coefficient (Wildman–Crippen LogP) is 0.944. The number of nitrogens with zero attached hydrogens (tertiary/aromatic N) is 1. The molecular formula is C7H13NO2S. The van der Waals surface area contributed by atoms with Crippen molar-refractivity contribution in [3.05, 3.63) is 10.5 Å². The Labute approximate surface area is 67.8 Å². The largest absolute Gasteiger partial charge is 0.239 e. The molecule has 0 aromatic heterocycles. The fourth-order valence-electron chi connectivity index (χ4n) is 1.19. The van der Waals surface area contributed by atoms with Gasteiger partial charge in [0.15, 0.2) is 0 Å². The van der Waals surface area contributed by atoms with E-state index in [1.54, 1.807) is 14.0 Å². The lowest BCUT2D eigenvalue weighted by Gasteiger charge is -2.14. The second-order valence-electron chi connectivity index (χ2n) is 2.94. The summed E-state index contributed by atoms with van der Waals surface area (Å²) in [4.78, 5) is 0.507. The quantitative estimate of drug-likeness (QED) is 0.549. The van der Waals surface area contributed by atoms with E-state index in [4.69, 9.17) is 0 Å². The van der Waals surface area contributed by atoms with Crippen LogP contribution in [0.4, 0.5) is 0 Å². The molecule has 0 fully saturated rings. The van der Waals surface area contributed by atoms with Crippen LogP contribution in [0.3, 0.4) is 0 Å². The molecule has 1 aliphatic rings. The molecule has 0 saturated heterocycles. The summed E-state index contributed by atoms with van der Waals surface area (Å²) in [6.07, 6.45) is 0. The Balaban J connectivity index is 3.28. The van der Waals surface area contributed by atoms with Gasteiger partial charge in [-0.3, -0.25) is 0 Å². The Hall–Kier alpha value is -0.350. The zero-order chi connectivity index (χ0) is 8.81. The normalized spacial score (nSPS) is 31.5. The van der Waals surface area contributed by atoms with Gasteiger partial charge >= 0.3 is 0 Å². The highest BCUT2D eigenvalue weighted by molar-refractivity contribution is 7.93. The minimum absolute atomic E-state index is 0.0278. The molecule has 0 amide bonds. The van der Waals surface area contributed by atoms with Gasteiger partial charge in [0.25, 0.3) is 0 Å². The number of likely N-dealkylation sites (N-methyl/N-ethyl adjacent to an activating group) is 1. The molecule has 0 bridgehead atoms. The van der Waals surface area contributed by atoms with Crippen LogP contribution in [0.2, 0.25) is 0 Å². The van der Waals surface area contributed by atoms with E-state index in [1.807, 2.05) is 13.8 Å². The van der Waals surface area contributed by atoms with Gasteiger partial charge in [0, 0.05) is 13.1 Å². The monoisotopic (exact) mass is 175 g/mol. The Kier molecular flexibility index (Phi) is 1.84. The van der Waals surface area contributed by atoms with Gasteiger partial charge in [-0.15, -0.1) is 0 Å². The summed E-state index contributed by atoms with van der Waals surface area (Å²) in [6, 6.07) is 0.0278. The fourth-order valence-corrected chi connectivity index (χ4v) is 2.78. The summed E-state index contributed by atoms with van der Waals surface area (Å²) in [5.41, 5.74) is 0.951. The summed E-state index contributed by atoms with van der Waals surface area (Å²) in [6.45, 7) is 5.41. The van der Waals surface area contributed by atoms with Crippen LogP contribution < -0.4 is 0 Å². The topological polar surface area (TPSA) is 37.4 Å². The molecule has 3 nitrogen and oxygen atoms in total.